The molecule has 2 aromatic carbocycles. The fourth-order valence-electron chi connectivity index (χ4n) is 2.49. The molecule has 6 heteroatoms. The second-order valence-electron chi connectivity index (χ2n) is 5.60. The van der Waals surface area contributed by atoms with Gasteiger partial charge >= 0.3 is 5.97 Å². The standard InChI is InChI=1S/C19H14N2O3S/c1-12-5-4-7-14(9-12)18-21-20-17(24-18)11-23-19(22)16-10-13-6-2-3-8-15(13)25-16/h2-10H,11H2,1H3. The average molecular weight is 350 g/mol. The van der Waals surface area contributed by atoms with Crippen molar-refractivity contribution >= 4 is 27.4 Å². The number of ether oxygens (including phenoxy) is 1. The minimum Gasteiger partial charge on any atom is -0.451 e. The number of fused-ring (bicyclic) bond motifs is 1. The molecule has 0 fully saturated rings. The zero-order valence-corrected chi connectivity index (χ0v) is 14.2. The second kappa shape index (κ2) is 6.49. The first-order valence-electron chi connectivity index (χ1n) is 7.74. The number of aryl methyl sites for hydroxylation is 1. The molecule has 124 valence electrons. The van der Waals surface area contributed by atoms with Gasteiger partial charge in [0.1, 0.15) is 4.88 Å². The van der Waals surface area contributed by atoms with Crippen molar-refractivity contribution in [1.29, 1.82) is 0 Å². The third-order valence-electron chi connectivity index (χ3n) is 3.69. The maximum absolute atomic E-state index is 12.2. The van der Waals surface area contributed by atoms with Gasteiger partial charge in [-0.2, -0.15) is 0 Å². The molecule has 0 saturated heterocycles. The van der Waals surface area contributed by atoms with Crippen LogP contribution in [0.15, 0.2) is 59.0 Å². The number of rotatable bonds is 4. The van der Waals surface area contributed by atoms with Crippen LogP contribution in [0.25, 0.3) is 21.5 Å². The predicted octanol–water partition coefficient (Wildman–Crippen LogP) is 4.62. The van der Waals surface area contributed by atoms with Crippen LogP contribution < -0.4 is 0 Å². The van der Waals surface area contributed by atoms with Crippen LogP contribution in [0.5, 0.6) is 0 Å². The van der Waals surface area contributed by atoms with Gasteiger partial charge in [-0.25, -0.2) is 4.79 Å². The summed E-state index contributed by atoms with van der Waals surface area (Å²) in [5.74, 6) is 0.291. The molecular weight excluding hydrogens is 336 g/mol. The van der Waals surface area contributed by atoms with E-state index in [4.69, 9.17) is 9.15 Å². The number of nitrogens with zero attached hydrogens (tertiary/aromatic N) is 2. The third-order valence-corrected chi connectivity index (χ3v) is 4.78. The van der Waals surface area contributed by atoms with E-state index in [2.05, 4.69) is 10.2 Å². The molecule has 0 amide bonds. The Bertz CT molecular complexity index is 1020. The number of carbonyl (C=O) groups excluding carboxylic acids is 1. The van der Waals surface area contributed by atoms with Crippen LogP contribution in [0.1, 0.15) is 21.1 Å². The Hall–Kier alpha value is -2.99. The number of carbonyl (C=O) groups is 1. The molecule has 0 atom stereocenters. The lowest BCUT2D eigenvalue weighted by Crippen LogP contribution is -2.03. The predicted molar refractivity (Wildman–Crippen MR) is 95.4 cm³/mol. The van der Waals surface area contributed by atoms with Crippen LogP contribution in [-0.4, -0.2) is 16.2 Å². The van der Waals surface area contributed by atoms with E-state index in [9.17, 15) is 4.79 Å². The van der Waals surface area contributed by atoms with Crippen LogP contribution in [0.4, 0.5) is 0 Å². The SMILES string of the molecule is Cc1cccc(-c2nnc(COC(=O)c3cc4ccccc4s3)o2)c1. The molecule has 4 aromatic rings. The molecule has 5 nitrogen and oxygen atoms in total. The van der Waals surface area contributed by atoms with Gasteiger partial charge < -0.3 is 9.15 Å². The lowest BCUT2D eigenvalue weighted by Gasteiger charge is -1.99. The maximum Gasteiger partial charge on any atom is 0.348 e. The van der Waals surface area contributed by atoms with Crippen LogP contribution in [-0.2, 0) is 11.3 Å². The summed E-state index contributed by atoms with van der Waals surface area (Å²) in [5.41, 5.74) is 1.95. The van der Waals surface area contributed by atoms with E-state index in [0.717, 1.165) is 21.2 Å². The molecule has 2 aromatic heterocycles. The highest BCUT2D eigenvalue weighted by Gasteiger charge is 2.14. The van der Waals surface area contributed by atoms with E-state index < -0.39 is 5.97 Å². The highest BCUT2D eigenvalue weighted by atomic mass is 32.1. The quantitative estimate of drug-likeness (QED) is 0.503. The molecule has 0 bridgehead atoms. The van der Waals surface area contributed by atoms with Gasteiger partial charge in [-0.15, -0.1) is 21.5 Å². The molecule has 25 heavy (non-hydrogen) atoms. The first-order valence-corrected chi connectivity index (χ1v) is 8.56. The van der Waals surface area contributed by atoms with Gasteiger partial charge in [0, 0.05) is 10.3 Å². The van der Waals surface area contributed by atoms with Crippen molar-refractivity contribution in [3.63, 3.8) is 0 Å². The summed E-state index contributed by atoms with van der Waals surface area (Å²) in [6.45, 7) is 1.94. The molecule has 0 N–H and O–H groups in total. The summed E-state index contributed by atoms with van der Waals surface area (Å²) in [5, 5.41) is 8.97. The minimum atomic E-state index is -0.392. The molecule has 0 radical (unpaired) electrons. The van der Waals surface area contributed by atoms with Crippen molar-refractivity contribution in [3.8, 4) is 11.5 Å². The number of aromatic nitrogens is 2. The Morgan fingerprint density at radius 1 is 1.12 bits per heavy atom. The lowest BCUT2D eigenvalue weighted by molar-refractivity contribution is 0.0444. The second-order valence-corrected chi connectivity index (χ2v) is 6.68. The van der Waals surface area contributed by atoms with Crippen molar-refractivity contribution in [2.45, 2.75) is 13.5 Å². The first kappa shape index (κ1) is 15.5. The monoisotopic (exact) mass is 350 g/mol. The smallest absolute Gasteiger partial charge is 0.348 e. The summed E-state index contributed by atoms with van der Waals surface area (Å²) in [4.78, 5) is 12.8. The summed E-state index contributed by atoms with van der Waals surface area (Å²) in [6.07, 6.45) is 0. The Kier molecular flexibility index (Phi) is 4.03. The van der Waals surface area contributed by atoms with Crippen molar-refractivity contribution < 1.29 is 13.9 Å². The molecule has 4 rings (SSSR count). The van der Waals surface area contributed by atoms with E-state index >= 15 is 0 Å². The molecule has 0 unspecified atom stereocenters. The van der Waals surface area contributed by atoms with E-state index in [-0.39, 0.29) is 12.5 Å². The Morgan fingerprint density at radius 2 is 2.00 bits per heavy atom. The van der Waals surface area contributed by atoms with E-state index in [1.54, 1.807) is 0 Å². The molecular formula is C19H14N2O3S. The van der Waals surface area contributed by atoms with Gasteiger partial charge in [0.25, 0.3) is 5.89 Å². The van der Waals surface area contributed by atoms with E-state index in [0.29, 0.717) is 10.8 Å². The Labute approximate surface area is 147 Å². The molecule has 0 spiro atoms. The Morgan fingerprint density at radius 3 is 2.84 bits per heavy atom. The summed E-state index contributed by atoms with van der Waals surface area (Å²) in [7, 11) is 0. The van der Waals surface area contributed by atoms with Gasteiger partial charge in [0.05, 0.1) is 0 Å². The molecule has 0 aliphatic heterocycles. The number of hydrogen-bond donors (Lipinski definition) is 0. The zero-order chi connectivity index (χ0) is 17.2. The van der Waals surface area contributed by atoms with Gasteiger partial charge in [0.15, 0.2) is 6.61 Å². The van der Waals surface area contributed by atoms with E-state index in [1.807, 2.05) is 61.5 Å². The number of hydrogen-bond acceptors (Lipinski definition) is 6. The van der Waals surface area contributed by atoms with Gasteiger partial charge in [-0.3, -0.25) is 0 Å². The molecule has 2 heterocycles. The normalized spacial score (nSPS) is 10.9. The van der Waals surface area contributed by atoms with Crippen LogP contribution in [0.3, 0.4) is 0 Å². The topological polar surface area (TPSA) is 65.2 Å². The summed E-state index contributed by atoms with van der Waals surface area (Å²) < 4.78 is 11.9. The van der Waals surface area contributed by atoms with Crippen LogP contribution >= 0.6 is 11.3 Å². The fraction of sp³-hybridized carbons (Fsp3) is 0.105. The minimum absolute atomic E-state index is 0.0497. The van der Waals surface area contributed by atoms with Crippen molar-refractivity contribution in [1.82, 2.24) is 10.2 Å². The number of thiophene rings is 1. The molecule has 0 aliphatic carbocycles. The van der Waals surface area contributed by atoms with Crippen LogP contribution in [0, 0.1) is 6.92 Å². The number of benzene rings is 2. The maximum atomic E-state index is 12.2. The summed E-state index contributed by atoms with van der Waals surface area (Å²) in [6, 6.07) is 17.4. The Balaban J connectivity index is 1.45. The zero-order valence-electron chi connectivity index (χ0n) is 13.4. The van der Waals surface area contributed by atoms with E-state index in [1.165, 1.54) is 11.3 Å². The van der Waals surface area contributed by atoms with Crippen LogP contribution in [0.2, 0.25) is 0 Å². The molecule has 0 saturated carbocycles. The highest BCUT2D eigenvalue weighted by Crippen LogP contribution is 2.26. The van der Waals surface area contributed by atoms with Gasteiger partial charge in [-0.05, 0) is 36.6 Å². The first-order chi connectivity index (χ1) is 12.2. The molecule has 0 aliphatic rings. The van der Waals surface area contributed by atoms with Gasteiger partial charge in [0.2, 0.25) is 5.89 Å². The van der Waals surface area contributed by atoms with Crippen molar-refractivity contribution in [3.05, 3.63) is 70.9 Å². The summed E-state index contributed by atoms with van der Waals surface area (Å²) >= 11 is 1.40. The van der Waals surface area contributed by atoms with Crippen molar-refractivity contribution in [2.75, 3.05) is 0 Å². The third kappa shape index (κ3) is 3.29. The number of esters is 1. The van der Waals surface area contributed by atoms with Gasteiger partial charge in [-0.1, -0.05) is 35.9 Å². The average Bonchev–Trinajstić information content (AvgIpc) is 3.26. The fourth-order valence-corrected chi connectivity index (χ4v) is 3.44. The van der Waals surface area contributed by atoms with Crippen molar-refractivity contribution in [2.24, 2.45) is 0 Å². The largest absolute Gasteiger partial charge is 0.451 e. The lowest BCUT2D eigenvalue weighted by atomic mass is 10.1. The highest BCUT2D eigenvalue weighted by molar-refractivity contribution is 7.20.